The second kappa shape index (κ2) is 10.5. The number of fused-ring (bicyclic) bond motifs is 1. The molecule has 1 saturated heterocycles. The quantitative estimate of drug-likeness (QED) is 0.261. The van der Waals surface area contributed by atoms with Crippen molar-refractivity contribution in [3.63, 3.8) is 0 Å². The van der Waals surface area contributed by atoms with Crippen molar-refractivity contribution in [2.45, 2.75) is 37.3 Å². The van der Waals surface area contributed by atoms with E-state index in [0.717, 1.165) is 17.4 Å². The molecule has 1 atom stereocenters. The Hall–Kier alpha value is -3.86. The van der Waals surface area contributed by atoms with Crippen molar-refractivity contribution in [3.05, 3.63) is 58.9 Å². The van der Waals surface area contributed by atoms with E-state index in [1.807, 2.05) is 0 Å². The lowest BCUT2D eigenvalue weighted by Gasteiger charge is -2.34. The monoisotopic (exact) mass is 544 g/mol. The standard InChI is InChI=1S/C25H28N4O8S/c1-25(22(31)26-34,38(2,35)36)9-10-27-13-20-11-19(12-29(20)23(27)32)8-5-17-3-6-18(7-4-17)16-37-24(33)28-14-21(30)15-28/h3-4,6-7,11-12,21,30,34H,9-10,13-16H2,1-2H3,(H,26,31)/t25-/m1/s1. The van der Waals surface area contributed by atoms with Crippen molar-refractivity contribution >= 4 is 27.9 Å². The normalized spacial score (nSPS) is 16.7. The van der Waals surface area contributed by atoms with Gasteiger partial charge in [-0.1, -0.05) is 24.0 Å². The highest BCUT2D eigenvalue weighted by Crippen LogP contribution is 2.25. The summed E-state index contributed by atoms with van der Waals surface area (Å²) in [6, 6.07) is 8.58. The van der Waals surface area contributed by atoms with E-state index in [1.54, 1.807) is 36.5 Å². The number of sulfone groups is 1. The first-order chi connectivity index (χ1) is 17.9. The van der Waals surface area contributed by atoms with E-state index in [1.165, 1.54) is 26.8 Å². The van der Waals surface area contributed by atoms with Crippen LogP contribution in [0.2, 0.25) is 0 Å². The van der Waals surface area contributed by atoms with Gasteiger partial charge in [0.05, 0.1) is 25.7 Å². The van der Waals surface area contributed by atoms with Crippen LogP contribution in [-0.2, 0) is 32.5 Å². The molecule has 12 nitrogen and oxygen atoms in total. The minimum Gasteiger partial charge on any atom is -0.445 e. The lowest BCUT2D eigenvalue weighted by Crippen LogP contribution is -2.53. The SMILES string of the molecule is C[C@@](CCN1Cc2cc(C#Cc3ccc(COC(=O)N4CC(O)C4)cc3)cn2C1=O)(C(=O)NO)S(C)(=O)=O. The van der Waals surface area contributed by atoms with E-state index < -0.39 is 32.7 Å². The molecule has 0 spiro atoms. The number of hydrogen-bond donors (Lipinski definition) is 3. The smallest absolute Gasteiger partial charge is 0.410 e. The van der Waals surface area contributed by atoms with Crippen LogP contribution in [0.1, 0.15) is 35.7 Å². The maximum Gasteiger partial charge on any atom is 0.410 e. The number of carbonyl (C=O) groups is 3. The molecule has 3 amide bonds. The summed E-state index contributed by atoms with van der Waals surface area (Å²) in [6.07, 6.45) is 1.38. The molecular formula is C25H28N4O8S. The third-order valence-corrected chi connectivity index (χ3v) is 8.80. The van der Waals surface area contributed by atoms with Gasteiger partial charge in [-0.2, -0.15) is 0 Å². The summed E-state index contributed by atoms with van der Waals surface area (Å²) < 4.78 is 29.0. The minimum absolute atomic E-state index is 0.000159. The van der Waals surface area contributed by atoms with Crippen molar-refractivity contribution < 1.29 is 37.9 Å². The first-order valence-corrected chi connectivity index (χ1v) is 13.7. The predicted molar refractivity (Wildman–Crippen MR) is 134 cm³/mol. The molecule has 3 N–H and O–H groups in total. The fourth-order valence-corrected chi connectivity index (χ4v) is 4.91. The Labute approximate surface area is 219 Å². The lowest BCUT2D eigenvalue weighted by molar-refractivity contribution is -0.131. The zero-order valence-electron chi connectivity index (χ0n) is 20.9. The van der Waals surface area contributed by atoms with Crippen molar-refractivity contribution in [3.8, 4) is 11.8 Å². The van der Waals surface area contributed by atoms with Crippen LogP contribution in [-0.4, -0.2) is 87.9 Å². The van der Waals surface area contributed by atoms with Crippen LogP contribution >= 0.6 is 0 Å². The van der Waals surface area contributed by atoms with Crippen LogP contribution in [0.3, 0.4) is 0 Å². The van der Waals surface area contributed by atoms with Crippen LogP contribution < -0.4 is 5.48 Å². The summed E-state index contributed by atoms with van der Waals surface area (Å²) in [6.45, 7) is 2.11. The molecule has 1 aromatic carbocycles. The van der Waals surface area contributed by atoms with Gasteiger partial charge < -0.3 is 19.6 Å². The van der Waals surface area contributed by atoms with E-state index in [-0.39, 0.29) is 45.2 Å². The van der Waals surface area contributed by atoms with Gasteiger partial charge in [-0.15, -0.1) is 0 Å². The molecule has 0 radical (unpaired) electrons. The molecule has 2 aliphatic rings. The largest absolute Gasteiger partial charge is 0.445 e. The number of nitrogens with one attached hydrogen (secondary N) is 1. The van der Waals surface area contributed by atoms with Crippen LogP contribution in [0.5, 0.6) is 0 Å². The molecule has 38 heavy (non-hydrogen) atoms. The summed E-state index contributed by atoms with van der Waals surface area (Å²) in [5.74, 6) is 4.98. The predicted octanol–water partition coefficient (Wildman–Crippen LogP) is 0.684. The highest BCUT2D eigenvalue weighted by atomic mass is 32.2. The molecule has 2 aliphatic heterocycles. The van der Waals surface area contributed by atoms with Crippen molar-refractivity contribution in [2.24, 2.45) is 0 Å². The number of aromatic nitrogens is 1. The second-order valence-electron chi connectivity index (χ2n) is 9.55. The van der Waals surface area contributed by atoms with Gasteiger partial charge in [0.2, 0.25) is 0 Å². The Morgan fingerprint density at radius 3 is 2.42 bits per heavy atom. The number of nitrogens with zero attached hydrogens (tertiary/aromatic N) is 3. The topological polar surface area (TPSA) is 158 Å². The van der Waals surface area contributed by atoms with E-state index >= 15 is 0 Å². The van der Waals surface area contributed by atoms with Gasteiger partial charge in [0, 0.05) is 35.8 Å². The van der Waals surface area contributed by atoms with E-state index in [4.69, 9.17) is 9.94 Å². The summed E-state index contributed by atoms with van der Waals surface area (Å²) in [4.78, 5) is 39.5. The maximum absolute atomic E-state index is 12.8. The third kappa shape index (κ3) is 5.52. The molecule has 1 fully saturated rings. The maximum atomic E-state index is 12.8. The molecule has 202 valence electrons. The second-order valence-corrected chi connectivity index (χ2v) is 12.0. The summed E-state index contributed by atoms with van der Waals surface area (Å²) in [7, 11) is -3.86. The lowest BCUT2D eigenvalue weighted by atomic mass is 10.1. The van der Waals surface area contributed by atoms with Crippen LogP contribution in [0.25, 0.3) is 0 Å². The number of ether oxygens (including phenoxy) is 1. The van der Waals surface area contributed by atoms with Gasteiger partial charge in [-0.25, -0.2) is 23.5 Å². The van der Waals surface area contributed by atoms with Crippen molar-refractivity contribution in [1.82, 2.24) is 19.8 Å². The number of benzene rings is 1. The van der Waals surface area contributed by atoms with Gasteiger partial charge in [0.15, 0.2) is 14.6 Å². The number of aliphatic hydroxyl groups is 1. The van der Waals surface area contributed by atoms with Gasteiger partial charge in [-0.05, 0) is 37.1 Å². The molecule has 2 aromatic rings. The van der Waals surface area contributed by atoms with Crippen LogP contribution in [0, 0.1) is 11.8 Å². The number of likely N-dealkylation sites (tertiary alicyclic amines) is 1. The number of hydrogen-bond acceptors (Lipinski definition) is 8. The molecular weight excluding hydrogens is 516 g/mol. The Kier molecular flexibility index (Phi) is 7.50. The average molecular weight is 545 g/mol. The number of carbonyl (C=O) groups excluding carboxylic acids is 3. The third-order valence-electron chi connectivity index (χ3n) is 6.78. The number of aliphatic hydroxyl groups excluding tert-OH is 1. The number of β-amino-alcohol motifs (C(OH)–C–C–N with tert-alkyl or cyclic N) is 1. The minimum atomic E-state index is -3.86. The fraction of sp³-hybridized carbons (Fsp3) is 0.400. The highest BCUT2D eigenvalue weighted by Gasteiger charge is 2.44. The molecule has 13 heteroatoms. The molecule has 0 saturated carbocycles. The Bertz CT molecular complexity index is 1420. The highest BCUT2D eigenvalue weighted by molar-refractivity contribution is 7.92. The Balaban J connectivity index is 1.33. The zero-order valence-corrected chi connectivity index (χ0v) is 21.7. The molecule has 0 bridgehead atoms. The van der Waals surface area contributed by atoms with E-state index in [0.29, 0.717) is 11.3 Å². The van der Waals surface area contributed by atoms with Crippen LogP contribution in [0.4, 0.5) is 9.59 Å². The summed E-state index contributed by atoms with van der Waals surface area (Å²) in [5, 5.41) is 18.2. The molecule has 1 aromatic heterocycles. The summed E-state index contributed by atoms with van der Waals surface area (Å²) >= 11 is 0. The molecule has 0 unspecified atom stereocenters. The van der Waals surface area contributed by atoms with Gasteiger partial charge >= 0.3 is 12.1 Å². The van der Waals surface area contributed by atoms with Gasteiger partial charge in [0.25, 0.3) is 5.91 Å². The average Bonchev–Trinajstić information content (AvgIpc) is 3.40. The number of hydroxylamine groups is 1. The first-order valence-electron chi connectivity index (χ1n) is 11.8. The van der Waals surface area contributed by atoms with Crippen molar-refractivity contribution in [1.29, 1.82) is 0 Å². The molecule has 0 aliphatic carbocycles. The first kappa shape index (κ1) is 27.2. The van der Waals surface area contributed by atoms with Crippen molar-refractivity contribution in [2.75, 3.05) is 25.9 Å². The fourth-order valence-electron chi connectivity index (χ4n) is 4.07. The summed E-state index contributed by atoms with van der Waals surface area (Å²) in [5.41, 5.74) is 4.23. The Morgan fingerprint density at radius 1 is 1.18 bits per heavy atom. The zero-order chi connectivity index (χ0) is 27.7. The number of amides is 3. The van der Waals surface area contributed by atoms with Crippen LogP contribution in [0.15, 0.2) is 36.5 Å². The number of rotatable bonds is 7. The van der Waals surface area contributed by atoms with Gasteiger partial charge in [0.1, 0.15) is 6.61 Å². The molecule has 3 heterocycles. The van der Waals surface area contributed by atoms with Gasteiger partial charge in [-0.3, -0.25) is 14.6 Å². The van der Waals surface area contributed by atoms with E-state index in [2.05, 4.69) is 11.8 Å². The van der Waals surface area contributed by atoms with E-state index in [9.17, 15) is 27.9 Å². The molecule has 4 rings (SSSR count). The Morgan fingerprint density at radius 2 is 1.84 bits per heavy atom.